The lowest BCUT2D eigenvalue weighted by atomic mass is 10.1. The van der Waals surface area contributed by atoms with Gasteiger partial charge >= 0.3 is 0 Å². The second-order valence-electron chi connectivity index (χ2n) is 4.48. The number of halogens is 2. The second kappa shape index (κ2) is 5.81. The lowest BCUT2D eigenvalue weighted by molar-refractivity contribution is 0.171. The van der Waals surface area contributed by atoms with Gasteiger partial charge in [0.1, 0.15) is 5.82 Å². The minimum Gasteiger partial charge on any atom is -0.493 e. The van der Waals surface area contributed by atoms with Crippen molar-refractivity contribution < 1.29 is 18.6 Å². The highest BCUT2D eigenvalue weighted by atomic mass is 79.9. The predicted octanol–water partition coefficient (Wildman–Crippen LogP) is 3.94. The summed E-state index contributed by atoms with van der Waals surface area (Å²) in [6.07, 6.45) is 0. The molecule has 4 nitrogen and oxygen atoms in total. The maximum Gasteiger partial charge on any atom is 0.231 e. The van der Waals surface area contributed by atoms with Crippen molar-refractivity contribution >= 4 is 21.6 Å². The van der Waals surface area contributed by atoms with E-state index in [0.29, 0.717) is 34.0 Å². The third kappa shape index (κ3) is 2.76. The van der Waals surface area contributed by atoms with E-state index in [4.69, 9.17) is 14.2 Å². The maximum atomic E-state index is 13.8. The molecule has 0 aliphatic carbocycles. The van der Waals surface area contributed by atoms with E-state index < -0.39 is 0 Å². The van der Waals surface area contributed by atoms with Crippen molar-refractivity contribution in [1.82, 2.24) is 0 Å². The second-order valence-corrected chi connectivity index (χ2v) is 5.34. The lowest BCUT2D eigenvalue weighted by Gasteiger charge is -2.12. The van der Waals surface area contributed by atoms with Gasteiger partial charge in [0.2, 0.25) is 12.5 Å². The van der Waals surface area contributed by atoms with Crippen molar-refractivity contribution in [2.75, 3.05) is 19.2 Å². The number of methoxy groups -OCH3 is 1. The van der Waals surface area contributed by atoms with Crippen molar-refractivity contribution in [3.8, 4) is 17.2 Å². The monoisotopic (exact) mass is 353 g/mol. The van der Waals surface area contributed by atoms with Crippen molar-refractivity contribution in [3.05, 3.63) is 46.2 Å². The number of hydrogen-bond acceptors (Lipinski definition) is 4. The smallest absolute Gasteiger partial charge is 0.231 e. The van der Waals surface area contributed by atoms with Gasteiger partial charge in [-0.25, -0.2) is 4.39 Å². The summed E-state index contributed by atoms with van der Waals surface area (Å²) in [6, 6.07) is 8.54. The summed E-state index contributed by atoms with van der Waals surface area (Å²) in [5.41, 5.74) is 1.33. The van der Waals surface area contributed by atoms with Crippen LogP contribution >= 0.6 is 15.9 Å². The molecule has 2 aromatic rings. The fourth-order valence-electron chi connectivity index (χ4n) is 2.14. The Balaban J connectivity index is 1.83. The number of rotatable bonds is 4. The molecule has 1 aliphatic heterocycles. The van der Waals surface area contributed by atoms with E-state index >= 15 is 0 Å². The van der Waals surface area contributed by atoms with Crippen molar-refractivity contribution in [1.29, 1.82) is 0 Å². The normalized spacial score (nSPS) is 12.3. The van der Waals surface area contributed by atoms with Gasteiger partial charge in [-0.1, -0.05) is 6.07 Å². The van der Waals surface area contributed by atoms with Gasteiger partial charge in [0.25, 0.3) is 0 Å². The minimum absolute atomic E-state index is 0.182. The van der Waals surface area contributed by atoms with Gasteiger partial charge in [-0.15, -0.1) is 0 Å². The molecule has 0 bridgehead atoms. The molecule has 0 fully saturated rings. The van der Waals surface area contributed by atoms with Crippen molar-refractivity contribution in [2.24, 2.45) is 0 Å². The van der Waals surface area contributed by atoms with E-state index in [0.717, 1.165) is 5.56 Å². The van der Waals surface area contributed by atoms with E-state index in [1.165, 1.54) is 6.07 Å². The highest BCUT2D eigenvalue weighted by Crippen LogP contribution is 2.42. The first kappa shape index (κ1) is 14.0. The van der Waals surface area contributed by atoms with Gasteiger partial charge in [0.15, 0.2) is 11.5 Å². The standard InChI is InChI=1S/C15H13BrFNO3/c1-19-12-5-9(6-13-15(12)21-8-20-13)7-18-14-10(16)3-2-4-11(14)17/h2-6,18H,7-8H2,1H3. The van der Waals surface area contributed by atoms with Crippen LogP contribution in [-0.2, 0) is 6.54 Å². The summed E-state index contributed by atoms with van der Waals surface area (Å²) >= 11 is 3.33. The predicted molar refractivity (Wildman–Crippen MR) is 80.5 cm³/mol. The van der Waals surface area contributed by atoms with Crippen LogP contribution in [-0.4, -0.2) is 13.9 Å². The van der Waals surface area contributed by atoms with Crippen LogP contribution in [0.15, 0.2) is 34.8 Å². The van der Waals surface area contributed by atoms with Crippen LogP contribution in [0.2, 0.25) is 0 Å². The van der Waals surface area contributed by atoms with Crippen LogP contribution < -0.4 is 19.5 Å². The summed E-state index contributed by atoms with van der Waals surface area (Å²) in [5.74, 6) is 1.54. The third-order valence-electron chi connectivity index (χ3n) is 3.15. The number of para-hydroxylation sites is 1. The molecule has 0 spiro atoms. The van der Waals surface area contributed by atoms with Gasteiger partial charge < -0.3 is 19.5 Å². The molecule has 6 heteroatoms. The molecule has 0 saturated heterocycles. The van der Waals surface area contributed by atoms with E-state index in [1.54, 1.807) is 19.2 Å². The van der Waals surface area contributed by atoms with Gasteiger partial charge in [-0.2, -0.15) is 0 Å². The van der Waals surface area contributed by atoms with Gasteiger partial charge in [-0.05, 0) is 45.8 Å². The quantitative estimate of drug-likeness (QED) is 0.903. The van der Waals surface area contributed by atoms with Gasteiger partial charge in [-0.3, -0.25) is 0 Å². The Morgan fingerprint density at radius 2 is 2.19 bits per heavy atom. The van der Waals surface area contributed by atoms with Crippen LogP contribution in [0.3, 0.4) is 0 Å². The molecule has 1 aliphatic rings. The SMILES string of the molecule is COc1cc(CNc2c(F)cccc2Br)cc2c1OCO2. The molecule has 1 heterocycles. The number of nitrogens with one attached hydrogen (secondary N) is 1. The highest BCUT2D eigenvalue weighted by molar-refractivity contribution is 9.10. The Bertz CT molecular complexity index is 658. The van der Waals surface area contributed by atoms with E-state index in [-0.39, 0.29) is 12.6 Å². The summed E-state index contributed by atoms with van der Waals surface area (Å²) in [6.45, 7) is 0.619. The molecule has 110 valence electrons. The zero-order valence-corrected chi connectivity index (χ0v) is 12.9. The van der Waals surface area contributed by atoms with Crippen LogP contribution in [0.5, 0.6) is 17.2 Å². The van der Waals surface area contributed by atoms with E-state index in [2.05, 4.69) is 21.2 Å². The molecule has 0 amide bonds. The lowest BCUT2D eigenvalue weighted by Crippen LogP contribution is -2.02. The first-order chi connectivity index (χ1) is 10.2. The van der Waals surface area contributed by atoms with Crippen molar-refractivity contribution in [3.63, 3.8) is 0 Å². The molecule has 0 unspecified atom stereocenters. The summed E-state index contributed by atoms with van der Waals surface area (Å²) < 4.78 is 30.4. The summed E-state index contributed by atoms with van der Waals surface area (Å²) in [7, 11) is 1.57. The molecule has 0 radical (unpaired) electrons. The minimum atomic E-state index is -0.308. The van der Waals surface area contributed by atoms with Crippen LogP contribution in [0.25, 0.3) is 0 Å². The van der Waals surface area contributed by atoms with Gasteiger partial charge in [0, 0.05) is 11.0 Å². The van der Waals surface area contributed by atoms with Crippen LogP contribution in [0.1, 0.15) is 5.56 Å². The van der Waals surface area contributed by atoms with E-state index in [9.17, 15) is 4.39 Å². The molecular formula is C15H13BrFNO3. The maximum absolute atomic E-state index is 13.8. The summed E-state index contributed by atoms with van der Waals surface area (Å²) in [4.78, 5) is 0. The Labute approximate surface area is 130 Å². The fraction of sp³-hybridized carbons (Fsp3) is 0.200. The van der Waals surface area contributed by atoms with Crippen LogP contribution in [0.4, 0.5) is 10.1 Å². The average Bonchev–Trinajstić information content (AvgIpc) is 2.94. The molecule has 0 aromatic heterocycles. The zero-order valence-electron chi connectivity index (χ0n) is 11.3. The third-order valence-corrected chi connectivity index (χ3v) is 3.81. The summed E-state index contributed by atoms with van der Waals surface area (Å²) in [5, 5.41) is 3.07. The molecule has 0 atom stereocenters. The Morgan fingerprint density at radius 1 is 1.33 bits per heavy atom. The largest absolute Gasteiger partial charge is 0.493 e. The molecular weight excluding hydrogens is 341 g/mol. The molecule has 21 heavy (non-hydrogen) atoms. The number of hydrogen-bond donors (Lipinski definition) is 1. The first-order valence-corrected chi connectivity index (χ1v) is 7.12. The van der Waals surface area contributed by atoms with E-state index in [1.807, 2.05) is 12.1 Å². The number of ether oxygens (including phenoxy) is 3. The Kier molecular flexibility index (Phi) is 3.88. The number of fused-ring (bicyclic) bond motifs is 1. The topological polar surface area (TPSA) is 39.7 Å². The van der Waals surface area contributed by atoms with Gasteiger partial charge in [0.05, 0.1) is 12.8 Å². The van der Waals surface area contributed by atoms with Crippen LogP contribution in [0, 0.1) is 5.82 Å². The number of anilines is 1. The Morgan fingerprint density at radius 3 is 2.95 bits per heavy atom. The first-order valence-electron chi connectivity index (χ1n) is 6.33. The molecule has 1 N–H and O–H groups in total. The zero-order chi connectivity index (χ0) is 14.8. The fourth-order valence-corrected chi connectivity index (χ4v) is 2.63. The van der Waals surface area contributed by atoms with Crippen molar-refractivity contribution in [2.45, 2.75) is 6.54 Å². The molecule has 2 aromatic carbocycles. The Hall–Kier alpha value is -1.95. The highest BCUT2D eigenvalue weighted by Gasteiger charge is 2.20. The molecule has 3 rings (SSSR count). The molecule has 0 saturated carbocycles. The number of benzene rings is 2. The average molecular weight is 354 g/mol.